The molecule has 1 atom stereocenters. The number of aliphatic hydroxyl groups excluding tert-OH is 1. The molecule has 0 aliphatic carbocycles. The fraction of sp³-hybridized carbons (Fsp3) is 0.933. The fourth-order valence-corrected chi connectivity index (χ4v) is 3.02. The topological polar surface area (TPSA) is 59.5 Å². The Balaban J connectivity index is 1.65. The summed E-state index contributed by atoms with van der Waals surface area (Å²) in [6.45, 7) is 8.76. The summed E-state index contributed by atoms with van der Waals surface area (Å²) < 4.78 is 4.95. The van der Waals surface area contributed by atoms with Crippen molar-refractivity contribution in [1.29, 1.82) is 0 Å². The van der Waals surface area contributed by atoms with E-state index in [1.54, 1.807) is 7.11 Å². The van der Waals surface area contributed by atoms with Crippen LogP contribution in [0.1, 0.15) is 0 Å². The van der Waals surface area contributed by atoms with Gasteiger partial charge in [-0.25, -0.2) is 0 Å². The van der Waals surface area contributed by atoms with Crippen molar-refractivity contribution in [3.05, 3.63) is 0 Å². The van der Waals surface area contributed by atoms with E-state index in [1.165, 1.54) is 0 Å². The van der Waals surface area contributed by atoms with Gasteiger partial charge < -0.3 is 19.6 Å². The summed E-state index contributed by atoms with van der Waals surface area (Å²) in [7, 11) is 3.70. The maximum atomic E-state index is 12.3. The van der Waals surface area contributed by atoms with Gasteiger partial charge in [-0.05, 0) is 7.05 Å². The quantitative estimate of drug-likeness (QED) is 0.636. The molecule has 1 unspecified atom stereocenters. The molecule has 2 fully saturated rings. The first-order valence-corrected chi connectivity index (χ1v) is 8.16. The lowest BCUT2D eigenvalue weighted by Gasteiger charge is -2.37. The van der Waals surface area contributed by atoms with Gasteiger partial charge in [0.15, 0.2) is 0 Å². The molecule has 1 N–H and O–H groups in total. The highest BCUT2D eigenvalue weighted by Gasteiger charge is 2.24. The van der Waals surface area contributed by atoms with Crippen LogP contribution in [0.4, 0.5) is 0 Å². The third-order valence-corrected chi connectivity index (χ3v) is 4.51. The van der Waals surface area contributed by atoms with Gasteiger partial charge in [-0.1, -0.05) is 0 Å². The standard InChI is InChI=1S/C15H30N4O3/c1-16-3-9-19(10-4-16)15(21)12-18-7-5-17(6-8-18)11-14(20)13-22-2/h14,20H,3-13H2,1-2H3. The highest BCUT2D eigenvalue weighted by Crippen LogP contribution is 2.05. The number of amides is 1. The number of carbonyl (C=O) groups excluding carboxylic acids is 1. The van der Waals surface area contributed by atoms with Crippen molar-refractivity contribution in [2.24, 2.45) is 0 Å². The van der Waals surface area contributed by atoms with Crippen molar-refractivity contribution >= 4 is 5.91 Å². The lowest BCUT2D eigenvalue weighted by atomic mass is 10.2. The Morgan fingerprint density at radius 3 is 2.23 bits per heavy atom. The number of methoxy groups -OCH3 is 1. The summed E-state index contributed by atoms with van der Waals surface area (Å²) in [6, 6.07) is 0. The second-order valence-electron chi connectivity index (χ2n) is 6.37. The van der Waals surface area contributed by atoms with E-state index in [-0.39, 0.29) is 5.91 Å². The monoisotopic (exact) mass is 314 g/mol. The van der Waals surface area contributed by atoms with Gasteiger partial charge in [0, 0.05) is 66.0 Å². The predicted octanol–water partition coefficient (Wildman–Crippen LogP) is -1.61. The number of carbonyl (C=O) groups is 1. The minimum Gasteiger partial charge on any atom is -0.389 e. The Labute approximate surface area is 133 Å². The van der Waals surface area contributed by atoms with Crippen LogP contribution >= 0.6 is 0 Å². The van der Waals surface area contributed by atoms with Crippen LogP contribution in [0.5, 0.6) is 0 Å². The number of rotatable bonds is 6. The molecule has 128 valence electrons. The first-order chi connectivity index (χ1) is 10.6. The second kappa shape index (κ2) is 8.79. The number of hydrogen-bond acceptors (Lipinski definition) is 6. The normalized spacial score (nSPS) is 23.7. The van der Waals surface area contributed by atoms with Crippen LogP contribution in [0.2, 0.25) is 0 Å². The number of aliphatic hydroxyl groups is 1. The van der Waals surface area contributed by atoms with Gasteiger partial charge in [-0.3, -0.25) is 14.6 Å². The van der Waals surface area contributed by atoms with Gasteiger partial charge in [-0.2, -0.15) is 0 Å². The molecule has 7 heteroatoms. The summed E-state index contributed by atoms with van der Waals surface area (Å²) in [5.74, 6) is 0.251. The molecule has 0 aromatic heterocycles. The molecular formula is C15H30N4O3. The molecule has 0 bridgehead atoms. The summed E-state index contributed by atoms with van der Waals surface area (Å²) in [5.41, 5.74) is 0. The lowest BCUT2D eigenvalue weighted by Crippen LogP contribution is -2.54. The minimum atomic E-state index is -0.427. The molecule has 7 nitrogen and oxygen atoms in total. The highest BCUT2D eigenvalue weighted by atomic mass is 16.5. The van der Waals surface area contributed by atoms with Crippen LogP contribution in [0.15, 0.2) is 0 Å². The average Bonchev–Trinajstić information content (AvgIpc) is 2.50. The van der Waals surface area contributed by atoms with E-state index in [2.05, 4.69) is 21.7 Å². The minimum absolute atomic E-state index is 0.251. The lowest BCUT2D eigenvalue weighted by molar-refractivity contribution is -0.134. The van der Waals surface area contributed by atoms with E-state index in [0.717, 1.165) is 52.4 Å². The zero-order valence-electron chi connectivity index (χ0n) is 13.9. The molecule has 2 aliphatic heterocycles. The van der Waals surface area contributed by atoms with Crippen molar-refractivity contribution in [2.45, 2.75) is 6.10 Å². The molecular weight excluding hydrogens is 284 g/mol. The maximum absolute atomic E-state index is 12.3. The van der Waals surface area contributed by atoms with E-state index in [1.807, 2.05) is 4.90 Å². The molecule has 0 aromatic carbocycles. The average molecular weight is 314 g/mol. The zero-order chi connectivity index (χ0) is 15.9. The van der Waals surface area contributed by atoms with Crippen LogP contribution < -0.4 is 0 Å². The van der Waals surface area contributed by atoms with E-state index in [9.17, 15) is 9.90 Å². The van der Waals surface area contributed by atoms with E-state index in [4.69, 9.17) is 4.74 Å². The van der Waals surface area contributed by atoms with E-state index in [0.29, 0.717) is 19.7 Å². The molecule has 2 saturated heterocycles. The largest absolute Gasteiger partial charge is 0.389 e. The third kappa shape index (κ3) is 5.48. The van der Waals surface area contributed by atoms with Crippen molar-refractivity contribution in [1.82, 2.24) is 19.6 Å². The molecule has 2 aliphatic rings. The smallest absolute Gasteiger partial charge is 0.236 e. The summed E-state index contributed by atoms with van der Waals surface area (Å²) in [4.78, 5) is 21.0. The van der Waals surface area contributed by atoms with Gasteiger partial charge in [-0.15, -0.1) is 0 Å². The van der Waals surface area contributed by atoms with Crippen LogP contribution in [0.3, 0.4) is 0 Å². The van der Waals surface area contributed by atoms with Crippen LogP contribution in [-0.2, 0) is 9.53 Å². The molecule has 1 amide bonds. The molecule has 0 aromatic rings. The van der Waals surface area contributed by atoms with Crippen molar-refractivity contribution in [3.8, 4) is 0 Å². The van der Waals surface area contributed by atoms with Crippen molar-refractivity contribution < 1.29 is 14.6 Å². The summed E-state index contributed by atoms with van der Waals surface area (Å²) in [5, 5.41) is 9.76. The highest BCUT2D eigenvalue weighted by molar-refractivity contribution is 5.78. The first kappa shape index (κ1) is 17.6. The Morgan fingerprint density at radius 1 is 1.05 bits per heavy atom. The first-order valence-electron chi connectivity index (χ1n) is 8.16. The summed E-state index contributed by atoms with van der Waals surface area (Å²) >= 11 is 0. The number of piperazine rings is 2. The summed E-state index contributed by atoms with van der Waals surface area (Å²) in [6.07, 6.45) is -0.427. The van der Waals surface area contributed by atoms with Crippen molar-refractivity contribution in [3.63, 3.8) is 0 Å². The zero-order valence-corrected chi connectivity index (χ0v) is 13.9. The van der Waals surface area contributed by atoms with Gasteiger partial charge in [0.1, 0.15) is 0 Å². The number of likely N-dealkylation sites (N-methyl/N-ethyl adjacent to an activating group) is 1. The molecule has 0 radical (unpaired) electrons. The Hall–Kier alpha value is -0.730. The van der Waals surface area contributed by atoms with Crippen molar-refractivity contribution in [2.75, 3.05) is 86.2 Å². The van der Waals surface area contributed by atoms with Crippen LogP contribution in [0.25, 0.3) is 0 Å². The number of ether oxygens (including phenoxy) is 1. The molecule has 2 rings (SSSR count). The third-order valence-electron chi connectivity index (χ3n) is 4.51. The Morgan fingerprint density at radius 2 is 1.64 bits per heavy atom. The van der Waals surface area contributed by atoms with Crippen LogP contribution in [-0.4, -0.2) is 123 Å². The van der Waals surface area contributed by atoms with E-state index >= 15 is 0 Å². The van der Waals surface area contributed by atoms with Gasteiger partial charge >= 0.3 is 0 Å². The Kier molecular flexibility index (Phi) is 7.04. The van der Waals surface area contributed by atoms with Gasteiger partial charge in [0.05, 0.1) is 19.3 Å². The Bertz CT molecular complexity index is 340. The SMILES string of the molecule is COCC(O)CN1CCN(CC(=O)N2CCN(C)CC2)CC1. The van der Waals surface area contributed by atoms with E-state index < -0.39 is 6.10 Å². The second-order valence-corrected chi connectivity index (χ2v) is 6.37. The number of nitrogens with zero attached hydrogens (tertiary/aromatic N) is 4. The molecule has 0 spiro atoms. The van der Waals surface area contributed by atoms with Gasteiger partial charge in [0.2, 0.25) is 5.91 Å². The predicted molar refractivity (Wildman–Crippen MR) is 84.8 cm³/mol. The van der Waals surface area contributed by atoms with Gasteiger partial charge in [0.25, 0.3) is 0 Å². The maximum Gasteiger partial charge on any atom is 0.236 e. The number of hydrogen-bond donors (Lipinski definition) is 1. The number of β-amino-alcohol motifs (C(OH)–C–C–N with tert-alkyl or cyclic N) is 1. The fourth-order valence-electron chi connectivity index (χ4n) is 3.02. The molecule has 22 heavy (non-hydrogen) atoms. The molecule has 0 saturated carbocycles. The van der Waals surface area contributed by atoms with Crippen LogP contribution in [0, 0.1) is 0 Å². The molecule has 2 heterocycles.